The second-order valence-corrected chi connectivity index (χ2v) is 4.21. The van der Waals surface area contributed by atoms with Gasteiger partial charge in [-0.15, -0.1) is 11.8 Å². The van der Waals surface area contributed by atoms with Crippen LogP contribution in [0.25, 0.3) is 0 Å². The van der Waals surface area contributed by atoms with Gasteiger partial charge in [-0.25, -0.2) is 0 Å². The SMILES string of the molecule is CCOC(=O)CC(=O)CSc1cnn(C)c1. The normalized spacial score (nSPS) is 10.1. The van der Waals surface area contributed by atoms with Crippen molar-refractivity contribution in [3.05, 3.63) is 12.4 Å². The number of esters is 1. The molecule has 0 bridgehead atoms. The van der Waals surface area contributed by atoms with E-state index in [2.05, 4.69) is 9.84 Å². The third kappa shape index (κ3) is 4.48. The predicted octanol–water partition coefficient (Wildman–Crippen LogP) is 1.03. The Morgan fingerprint density at radius 2 is 2.31 bits per heavy atom. The van der Waals surface area contributed by atoms with E-state index in [9.17, 15) is 9.59 Å². The molecule has 0 radical (unpaired) electrons. The van der Waals surface area contributed by atoms with Gasteiger partial charge in [0.1, 0.15) is 6.42 Å². The number of Topliss-reactive ketones (excluding diaryl/α,β-unsaturated/α-hetero) is 1. The summed E-state index contributed by atoms with van der Waals surface area (Å²) < 4.78 is 6.35. The number of nitrogens with zero attached hydrogens (tertiary/aromatic N) is 2. The third-order valence-electron chi connectivity index (χ3n) is 1.73. The molecule has 0 aliphatic heterocycles. The fraction of sp³-hybridized carbons (Fsp3) is 0.500. The Morgan fingerprint density at radius 1 is 1.56 bits per heavy atom. The van der Waals surface area contributed by atoms with Crippen LogP contribution in [0.15, 0.2) is 17.3 Å². The van der Waals surface area contributed by atoms with Crippen LogP contribution in [0.3, 0.4) is 0 Å². The summed E-state index contributed by atoms with van der Waals surface area (Å²) in [5.74, 6) is -0.323. The molecule has 88 valence electrons. The van der Waals surface area contributed by atoms with E-state index < -0.39 is 5.97 Å². The molecule has 1 aromatic rings. The highest BCUT2D eigenvalue weighted by Gasteiger charge is 2.10. The zero-order valence-corrected chi connectivity index (χ0v) is 10.1. The number of hydrogen-bond donors (Lipinski definition) is 0. The summed E-state index contributed by atoms with van der Waals surface area (Å²) in [6.45, 7) is 2.02. The molecule has 5 nitrogen and oxygen atoms in total. The second kappa shape index (κ2) is 6.32. The van der Waals surface area contributed by atoms with Crippen LogP contribution in [0.2, 0.25) is 0 Å². The highest BCUT2D eigenvalue weighted by atomic mass is 32.2. The molecule has 0 aliphatic carbocycles. The van der Waals surface area contributed by atoms with Crippen molar-refractivity contribution in [2.75, 3.05) is 12.4 Å². The van der Waals surface area contributed by atoms with Crippen molar-refractivity contribution in [1.29, 1.82) is 0 Å². The maximum Gasteiger partial charge on any atom is 0.313 e. The summed E-state index contributed by atoms with van der Waals surface area (Å²) in [5.41, 5.74) is 0. The molecule has 1 aromatic heterocycles. The van der Waals surface area contributed by atoms with Gasteiger partial charge in [0, 0.05) is 18.1 Å². The van der Waals surface area contributed by atoms with Crippen molar-refractivity contribution < 1.29 is 14.3 Å². The van der Waals surface area contributed by atoms with Gasteiger partial charge in [0.2, 0.25) is 0 Å². The predicted molar refractivity (Wildman–Crippen MR) is 60.2 cm³/mol. The van der Waals surface area contributed by atoms with Gasteiger partial charge in [0.05, 0.1) is 18.6 Å². The molecule has 1 rings (SSSR count). The van der Waals surface area contributed by atoms with Crippen LogP contribution in [-0.4, -0.2) is 33.9 Å². The smallest absolute Gasteiger partial charge is 0.313 e. The summed E-state index contributed by atoms with van der Waals surface area (Å²) in [5, 5.41) is 3.98. The van der Waals surface area contributed by atoms with Gasteiger partial charge in [0.25, 0.3) is 0 Å². The Balaban J connectivity index is 2.27. The average molecular weight is 242 g/mol. The lowest BCUT2D eigenvalue weighted by molar-refractivity contribution is -0.145. The van der Waals surface area contributed by atoms with Crippen molar-refractivity contribution in [3.63, 3.8) is 0 Å². The number of hydrogen-bond acceptors (Lipinski definition) is 5. The standard InChI is InChI=1S/C10H14N2O3S/c1-3-15-10(14)4-8(13)7-16-9-5-11-12(2)6-9/h5-6H,3-4,7H2,1-2H3. The molecule has 0 saturated carbocycles. The summed E-state index contributed by atoms with van der Waals surface area (Å²) in [6, 6.07) is 0. The van der Waals surface area contributed by atoms with E-state index in [0.29, 0.717) is 6.61 Å². The molecule has 6 heteroatoms. The third-order valence-corrected chi connectivity index (χ3v) is 2.74. The van der Waals surface area contributed by atoms with Crippen molar-refractivity contribution in [3.8, 4) is 0 Å². The van der Waals surface area contributed by atoms with Gasteiger partial charge >= 0.3 is 5.97 Å². The molecule has 0 aromatic carbocycles. The van der Waals surface area contributed by atoms with Crippen LogP contribution in [0.4, 0.5) is 0 Å². The second-order valence-electron chi connectivity index (χ2n) is 3.16. The summed E-state index contributed by atoms with van der Waals surface area (Å²) in [4.78, 5) is 23.3. The molecule has 0 fully saturated rings. The number of ether oxygens (including phenoxy) is 1. The lowest BCUT2D eigenvalue weighted by Gasteiger charge is -2.00. The van der Waals surface area contributed by atoms with Crippen LogP contribution < -0.4 is 0 Å². The van der Waals surface area contributed by atoms with E-state index in [-0.39, 0.29) is 18.0 Å². The molecule has 0 spiro atoms. The van der Waals surface area contributed by atoms with E-state index >= 15 is 0 Å². The minimum Gasteiger partial charge on any atom is -0.466 e. The molecule has 0 amide bonds. The van der Waals surface area contributed by atoms with Crippen LogP contribution in [-0.2, 0) is 21.4 Å². The first kappa shape index (κ1) is 12.8. The number of aryl methyl sites for hydroxylation is 1. The topological polar surface area (TPSA) is 61.2 Å². The van der Waals surface area contributed by atoms with Crippen molar-refractivity contribution in [2.45, 2.75) is 18.2 Å². The van der Waals surface area contributed by atoms with Gasteiger partial charge in [-0.1, -0.05) is 0 Å². The average Bonchev–Trinajstić information content (AvgIpc) is 2.61. The molecule has 16 heavy (non-hydrogen) atoms. The van der Waals surface area contributed by atoms with Gasteiger partial charge in [0.15, 0.2) is 5.78 Å². The number of thioether (sulfide) groups is 1. The fourth-order valence-corrected chi connectivity index (χ4v) is 1.84. The van der Waals surface area contributed by atoms with E-state index in [1.54, 1.807) is 17.8 Å². The number of aromatic nitrogens is 2. The molecule has 0 aliphatic rings. The first-order chi connectivity index (χ1) is 7.61. The van der Waals surface area contributed by atoms with Gasteiger partial charge in [-0.3, -0.25) is 14.3 Å². The Kier molecular flexibility index (Phi) is 5.04. The Labute approximate surface area is 98.2 Å². The fourth-order valence-electron chi connectivity index (χ4n) is 1.06. The number of rotatable bonds is 6. The minimum absolute atomic E-state index is 0.132. The lowest BCUT2D eigenvalue weighted by Crippen LogP contribution is -2.12. The lowest BCUT2D eigenvalue weighted by atomic mass is 10.3. The summed E-state index contributed by atoms with van der Waals surface area (Å²) >= 11 is 1.37. The van der Waals surface area contributed by atoms with E-state index in [1.165, 1.54) is 11.8 Å². The zero-order valence-electron chi connectivity index (χ0n) is 9.30. The van der Waals surface area contributed by atoms with Crippen molar-refractivity contribution in [1.82, 2.24) is 9.78 Å². The maximum absolute atomic E-state index is 11.4. The molecule has 0 saturated heterocycles. The van der Waals surface area contributed by atoms with Crippen molar-refractivity contribution >= 4 is 23.5 Å². The molecule has 0 atom stereocenters. The van der Waals surface area contributed by atoms with Gasteiger partial charge < -0.3 is 4.74 Å². The van der Waals surface area contributed by atoms with Crippen molar-refractivity contribution in [2.24, 2.45) is 7.05 Å². The number of carbonyl (C=O) groups excluding carboxylic acids is 2. The van der Waals surface area contributed by atoms with E-state index in [1.807, 2.05) is 13.2 Å². The van der Waals surface area contributed by atoms with E-state index in [0.717, 1.165) is 4.90 Å². The minimum atomic E-state index is -0.459. The first-order valence-corrected chi connectivity index (χ1v) is 5.89. The Bertz CT molecular complexity index is 376. The quantitative estimate of drug-likeness (QED) is 0.423. The van der Waals surface area contributed by atoms with Crippen LogP contribution >= 0.6 is 11.8 Å². The van der Waals surface area contributed by atoms with Crippen LogP contribution in [0.5, 0.6) is 0 Å². The first-order valence-electron chi connectivity index (χ1n) is 4.90. The zero-order chi connectivity index (χ0) is 12.0. The molecule has 0 N–H and O–H groups in total. The Morgan fingerprint density at radius 3 is 2.88 bits per heavy atom. The van der Waals surface area contributed by atoms with Gasteiger partial charge in [-0.2, -0.15) is 5.10 Å². The molecular formula is C10H14N2O3S. The molecule has 0 unspecified atom stereocenters. The summed E-state index contributed by atoms with van der Waals surface area (Å²) in [6.07, 6.45) is 3.35. The highest BCUT2D eigenvalue weighted by molar-refractivity contribution is 8.00. The van der Waals surface area contributed by atoms with Crippen LogP contribution in [0, 0.1) is 0 Å². The Hall–Kier alpha value is -1.30. The number of ketones is 1. The molecule has 1 heterocycles. The number of carbonyl (C=O) groups is 2. The maximum atomic E-state index is 11.4. The molecular weight excluding hydrogens is 228 g/mol. The van der Waals surface area contributed by atoms with Crippen LogP contribution in [0.1, 0.15) is 13.3 Å². The van der Waals surface area contributed by atoms with E-state index in [4.69, 9.17) is 0 Å². The highest BCUT2D eigenvalue weighted by Crippen LogP contribution is 2.16. The monoisotopic (exact) mass is 242 g/mol. The van der Waals surface area contributed by atoms with Gasteiger partial charge in [-0.05, 0) is 6.92 Å². The summed E-state index contributed by atoms with van der Waals surface area (Å²) in [7, 11) is 1.81. The largest absolute Gasteiger partial charge is 0.466 e.